The first-order chi connectivity index (χ1) is 15.5. The number of benzene rings is 2. The van der Waals surface area contributed by atoms with E-state index in [9.17, 15) is 4.79 Å². The molecule has 1 aliphatic rings. The zero-order chi connectivity index (χ0) is 22.2. The van der Waals surface area contributed by atoms with Crippen molar-refractivity contribution in [1.82, 2.24) is 30.0 Å². The number of amides is 1. The van der Waals surface area contributed by atoms with Gasteiger partial charge in [-0.15, -0.1) is 0 Å². The van der Waals surface area contributed by atoms with Gasteiger partial charge in [0.2, 0.25) is 0 Å². The summed E-state index contributed by atoms with van der Waals surface area (Å²) in [7, 11) is 0. The first kappa shape index (κ1) is 20.1. The molecule has 1 saturated heterocycles. The SMILES string of the molecule is Cc1ccc(-n2nccn2)c(C(=O)N2CCCC2c2noc(-c3cccc(C)c3C)n2)c1. The van der Waals surface area contributed by atoms with Gasteiger partial charge >= 0.3 is 0 Å². The Hall–Kier alpha value is -3.81. The molecular formula is C24H24N6O2. The van der Waals surface area contributed by atoms with Crippen molar-refractivity contribution in [2.75, 3.05) is 6.54 Å². The first-order valence-corrected chi connectivity index (χ1v) is 10.7. The molecule has 0 bridgehead atoms. The minimum atomic E-state index is -0.232. The smallest absolute Gasteiger partial charge is 0.258 e. The molecule has 0 radical (unpaired) electrons. The Morgan fingerprint density at radius 2 is 1.91 bits per heavy atom. The van der Waals surface area contributed by atoms with Crippen LogP contribution in [0.4, 0.5) is 0 Å². The fraction of sp³-hybridized carbons (Fsp3) is 0.292. The Kier molecular flexibility index (Phi) is 5.05. The molecule has 5 rings (SSSR count). The van der Waals surface area contributed by atoms with Crippen LogP contribution in [0.25, 0.3) is 17.1 Å². The molecule has 1 atom stereocenters. The summed E-state index contributed by atoms with van der Waals surface area (Å²) in [5, 5.41) is 12.7. The molecule has 162 valence electrons. The van der Waals surface area contributed by atoms with Crippen molar-refractivity contribution in [2.24, 2.45) is 0 Å². The number of hydrogen-bond donors (Lipinski definition) is 0. The van der Waals surface area contributed by atoms with Crippen molar-refractivity contribution >= 4 is 5.91 Å². The van der Waals surface area contributed by atoms with Crippen LogP contribution in [0.15, 0.2) is 53.3 Å². The van der Waals surface area contributed by atoms with Crippen molar-refractivity contribution in [2.45, 2.75) is 39.7 Å². The monoisotopic (exact) mass is 428 g/mol. The van der Waals surface area contributed by atoms with Crippen LogP contribution in [0.5, 0.6) is 0 Å². The van der Waals surface area contributed by atoms with Gasteiger partial charge in [0.05, 0.1) is 29.7 Å². The van der Waals surface area contributed by atoms with Crippen molar-refractivity contribution in [3.63, 3.8) is 0 Å². The number of carbonyl (C=O) groups excluding carboxylic acids is 1. The average Bonchev–Trinajstić information content (AvgIpc) is 3.56. The van der Waals surface area contributed by atoms with E-state index >= 15 is 0 Å². The molecule has 2 aromatic heterocycles. The summed E-state index contributed by atoms with van der Waals surface area (Å²) in [5.74, 6) is 0.942. The second kappa shape index (κ2) is 8.03. The number of likely N-dealkylation sites (tertiary alicyclic amines) is 1. The van der Waals surface area contributed by atoms with E-state index in [0.717, 1.165) is 29.5 Å². The highest BCUT2D eigenvalue weighted by Crippen LogP contribution is 2.34. The van der Waals surface area contributed by atoms with E-state index < -0.39 is 0 Å². The number of aromatic nitrogens is 5. The van der Waals surface area contributed by atoms with Gasteiger partial charge in [0.25, 0.3) is 11.8 Å². The van der Waals surface area contributed by atoms with E-state index in [-0.39, 0.29) is 11.9 Å². The van der Waals surface area contributed by atoms with Crippen molar-refractivity contribution in [3.05, 3.63) is 76.9 Å². The molecule has 32 heavy (non-hydrogen) atoms. The van der Waals surface area contributed by atoms with Gasteiger partial charge in [-0.3, -0.25) is 4.79 Å². The molecule has 1 aliphatic heterocycles. The molecule has 1 fully saturated rings. The van der Waals surface area contributed by atoms with Crippen LogP contribution in [0.1, 0.15) is 51.8 Å². The highest BCUT2D eigenvalue weighted by molar-refractivity contribution is 5.98. The quantitative estimate of drug-likeness (QED) is 0.483. The lowest BCUT2D eigenvalue weighted by Crippen LogP contribution is -2.32. The number of aryl methyl sites for hydroxylation is 2. The standard InChI is InChI=1S/C24H24N6O2/c1-15-9-10-20(30-25-11-12-26-30)19(14-15)24(31)29-13-5-8-21(29)22-27-23(32-28-22)18-7-4-6-16(2)17(18)3/h4,6-7,9-12,14,21H,5,8,13H2,1-3H3. The lowest BCUT2D eigenvalue weighted by atomic mass is 10.0. The second-order valence-electron chi connectivity index (χ2n) is 8.20. The van der Waals surface area contributed by atoms with Gasteiger partial charge in [-0.1, -0.05) is 28.9 Å². The van der Waals surface area contributed by atoms with E-state index in [1.54, 1.807) is 12.4 Å². The fourth-order valence-corrected chi connectivity index (χ4v) is 4.23. The minimum Gasteiger partial charge on any atom is -0.334 e. The van der Waals surface area contributed by atoms with Gasteiger partial charge in [-0.2, -0.15) is 20.0 Å². The van der Waals surface area contributed by atoms with Gasteiger partial charge in [0.1, 0.15) is 0 Å². The summed E-state index contributed by atoms with van der Waals surface area (Å²) < 4.78 is 5.61. The van der Waals surface area contributed by atoms with Crippen LogP contribution < -0.4 is 0 Å². The maximum Gasteiger partial charge on any atom is 0.258 e. The summed E-state index contributed by atoms with van der Waals surface area (Å²) in [5.41, 5.74) is 5.41. The molecule has 8 nitrogen and oxygen atoms in total. The molecule has 8 heteroatoms. The zero-order valence-electron chi connectivity index (χ0n) is 18.3. The highest BCUT2D eigenvalue weighted by Gasteiger charge is 2.35. The number of carbonyl (C=O) groups is 1. The average molecular weight is 428 g/mol. The van der Waals surface area contributed by atoms with E-state index in [0.29, 0.717) is 29.5 Å². The third-order valence-corrected chi connectivity index (χ3v) is 6.11. The summed E-state index contributed by atoms with van der Waals surface area (Å²) in [4.78, 5) is 21.6. The molecule has 1 amide bonds. The van der Waals surface area contributed by atoms with Gasteiger partial charge in [0.15, 0.2) is 5.82 Å². The molecule has 4 aromatic rings. The van der Waals surface area contributed by atoms with Crippen LogP contribution in [0.2, 0.25) is 0 Å². The molecule has 0 aliphatic carbocycles. The fourth-order valence-electron chi connectivity index (χ4n) is 4.23. The van der Waals surface area contributed by atoms with Gasteiger partial charge < -0.3 is 9.42 Å². The number of hydrogen-bond acceptors (Lipinski definition) is 6. The zero-order valence-corrected chi connectivity index (χ0v) is 18.3. The summed E-state index contributed by atoms with van der Waals surface area (Å²) in [6.07, 6.45) is 4.87. The van der Waals surface area contributed by atoms with E-state index in [1.807, 2.05) is 49.1 Å². The minimum absolute atomic E-state index is 0.0819. The predicted molar refractivity (Wildman–Crippen MR) is 118 cm³/mol. The van der Waals surface area contributed by atoms with Gasteiger partial charge in [-0.25, -0.2) is 0 Å². The maximum absolute atomic E-state index is 13.6. The van der Waals surface area contributed by atoms with Gasteiger partial charge in [-0.05, 0) is 62.9 Å². The first-order valence-electron chi connectivity index (χ1n) is 10.7. The molecule has 0 N–H and O–H groups in total. The molecule has 2 aromatic carbocycles. The topological polar surface area (TPSA) is 89.9 Å². The lowest BCUT2D eigenvalue weighted by Gasteiger charge is -2.23. The van der Waals surface area contributed by atoms with Crippen molar-refractivity contribution in [1.29, 1.82) is 0 Å². The Bertz CT molecular complexity index is 1280. The summed E-state index contributed by atoms with van der Waals surface area (Å²) >= 11 is 0. The van der Waals surface area contributed by atoms with Crippen LogP contribution >= 0.6 is 0 Å². The molecule has 0 saturated carbocycles. The Labute approximate surface area is 185 Å². The summed E-state index contributed by atoms with van der Waals surface area (Å²) in [6.45, 7) is 6.70. The third kappa shape index (κ3) is 3.47. The maximum atomic E-state index is 13.6. The van der Waals surface area contributed by atoms with Crippen LogP contribution in [-0.4, -0.2) is 42.5 Å². The van der Waals surface area contributed by atoms with Crippen LogP contribution in [-0.2, 0) is 0 Å². The van der Waals surface area contributed by atoms with Crippen LogP contribution in [0, 0.1) is 20.8 Å². The summed E-state index contributed by atoms with van der Waals surface area (Å²) in [6, 6.07) is 11.5. The van der Waals surface area contributed by atoms with E-state index in [4.69, 9.17) is 4.52 Å². The van der Waals surface area contributed by atoms with Gasteiger partial charge in [0, 0.05) is 12.1 Å². The van der Waals surface area contributed by atoms with E-state index in [1.165, 1.54) is 10.4 Å². The Morgan fingerprint density at radius 3 is 2.72 bits per heavy atom. The normalized spacial score (nSPS) is 16.0. The molecule has 1 unspecified atom stereocenters. The molecule has 3 heterocycles. The number of rotatable bonds is 4. The van der Waals surface area contributed by atoms with Crippen molar-refractivity contribution in [3.8, 4) is 17.1 Å². The molecular weight excluding hydrogens is 404 g/mol. The van der Waals surface area contributed by atoms with Crippen molar-refractivity contribution < 1.29 is 9.32 Å². The lowest BCUT2D eigenvalue weighted by molar-refractivity contribution is 0.0728. The second-order valence-corrected chi connectivity index (χ2v) is 8.20. The molecule has 0 spiro atoms. The number of nitrogens with zero attached hydrogens (tertiary/aromatic N) is 6. The Balaban J connectivity index is 1.48. The Morgan fingerprint density at radius 1 is 1.09 bits per heavy atom. The third-order valence-electron chi connectivity index (χ3n) is 6.11. The predicted octanol–water partition coefficient (Wildman–Crippen LogP) is 4.22. The van der Waals surface area contributed by atoms with Crippen LogP contribution in [0.3, 0.4) is 0 Å². The largest absolute Gasteiger partial charge is 0.334 e. The highest BCUT2D eigenvalue weighted by atomic mass is 16.5. The van der Waals surface area contributed by atoms with E-state index in [2.05, 4.69) is 33.3 Å².